The molecule has 0 aliphatic heterocycles. The fourth-order valence-electron chi connectivity index (χ4n) is 1.82. The van der Waals surface area contributed by atoms with Crippen LogP contribution in [0.4, 0.5) is 14.5 Å². The van der Waals surface area contributed by atoms with Gasteiger partial charge in [0.2, 0.25) is 0 Å². The van der Waals surface area contributed by atoms with Gasteiger partial charge in [-0.05, 0) is 30.3 Å². The molecule has 0 unspecified atom stereocenters. The van der Waals surface area contributed by atoms with Crippen LogP contribution in [-0.4, -0.2) is 18.5 Å². The summed E-state index contributed by atoms with van der Waals surface area (Å²) in [5, 5.41) is 2.49. The highest BCUT2D eigenvalue weighted by molar-refractivity contribution is 6.31. The third kappa shape index (κ3) is 4.91. The molecule has 0 atom stereocenters. The molecule has 0 radical (unpaired) electrons. The van der Waals surface area contributed by atoms with Crippen molar-refractivity contribution in [1.29, 1.82) is 0 Å². The summed E-state index contributed by atoms with van der Waals surface area (Å²) in [5.74, 6) is -2.95. The van der Waals surface area contributed by atoms with E-state index in [0.717, 1.165) is 12.1 Å². The van der Waals surface area contributed by atoms with Crippen LogP contribution in [0, 0.1) is 11.6 Å². The van der Waals surface area contributed by atoms with Gasteiger partial charge in [-0.2, -0.15) is 0 Å². The van der Waals surface area contributed by atoms with E-state index in [1.807, 2.05) is 0 Å². The summed E-state index contributed by atoms with van der Waals surface area (Å²) in [7, 11) is 0. The van der Waals surface area contributed by atoms with E-state index in [9.17, 15) is 18.4 Å². The molecule has 0 saturated carbocycles. The molecule has 0 spiro atoms. The Morgan fingerprint density at radius 3 is 2.50 bits per heavy atom. The van der Waals surface area contributed by atoms with Gasteiger partial charge < -0.3 is 10.1 Å². The topological polar surface area (TPSA) is 55.4 Å². The second kappa shape index (κ2) is 8.08. The molecule has 0 aromatic heterocycles. The van der Waals surface area contributed by atoms with Gasteiger partial charge in [-0.3, -0.25) is 9.59 Å². The number of anilines is 1. The number of carbonyl (C=O) groups excluding carboxylic acids is 2. The minimum Gasteiger partial charge on any atom is -0.455 e. The van der Waals surface area contributed by atoms with Crippen molar-refractivity contribution >= 4 is 40.8 Å². The predicted molar refractivity (Wildman–Crippen MR) is 86.1 cm³/mol. The first-order valence-electron chi connectivity index (χ1n) is 6.70. The molecule has 24 heavy (non-hydrogen) atoms. The van der Waals surface area contributed by atoms with Crippen LogP contribution in [-0.2, 0) is 20.7 Å². The SMILES string of the molecule is O=C(COC(=O)Cc1c(F)cccc1Cl)Nc1ccc(Cl)cc1F. The largest absolute Gasteiger partial charge is 0.455 e. The van der Waals surface area contributed by atoms with Crippen molar-refractivity contribution < 1.29 is 23.1 Å². The highest BCUT2D eigenvalue weighted by Crippen LogP contribution is 2.20. The van der Waals surface area contributed by atoms with E-state index in [1.165, 1.54) is 24.3 Å². The first-order valence-corrected chi connectivity index (χ1v) is 7.46. The molecule has 126 valence electrons. The predicted octanol–water partition coefficient (Wildman–Crippen LogP) is 4.00. The highest BCUT2D eigenvalue weighted by Gasteiger charge is 2.15. The summed E-state index contributed by atoms with van der Waals surface area (Å²) in [6, 6.07) is 7.70. The Morgan fingerprint density at radius 2 is 1.83 bits per heavy atom. The summed E-state index contributed by atoms with van der Waals surface area (Å²) >= 11 is 11.4. The Kier molecular flexibility index (Phi) is 6.11. The standard InChI is InChI=1S/C16H11Cl2F2NO3/c17-9-4-5-14(13(20)6-9)21-15(22)8-24-16(23)7-10-11(18)2-1-3-12(10)19/h1-6H,7-8H2,(H,21,22). The molecule has 4 nitrogen and oxygen atoms in total. The number of amides is 1. The van der Waals surface area contributed by atoms with Crippen molar-refractivity contribution in [3.63, 3.8) is 0 Å². The second-order valence-electron chi connectivity index (χ2n) is 4.71. The Hall–Kier alpha value is -2.18. The van der Waals surface area contributed by atoms with Crippen LogP contribution in [0.2, 0.25) is 10.0 Å². The number of halogens is 4. The van der Waals surface area contributed by atoms with Gasteiger partial charge in [-0.25, -0.2) is 8.78 Å². The van der Waals surface area contributed by atoms with Gasteiger partial charge in [-0.15, -0.1) is 0 Å². The molecule has 2 aromatic rings. The number of carbonyl (C=O) groups is 2. The lowest BCUT2D eigenvalue weighted by molar-refractivity contribution is -0.146. The number of benzene rings is 2. The van der Waals surface area contributed by atoms with Crippen LogP contribution in [0.25, 0.3) is 0 Å². The van der Waals surface area contributed by atoms with E-state index < -0.39 is 36.5 Å². The van der Waals surface area contributed by atoms with Crippen molar-refractivity contribution in [2.45, 2.75) is 6.42 Å². The second-order valence-corrected chi connectivity index (χ2v) is 5.55. The van der Waals surface area contributed by atoms with Gasteiger partial charge >= 0.3 is 5.97 Å². The number of nitrogens with one attached hydrogen (secondary N) is 1. The maximum absolute atomic E-state index is 13.6. The van der Waals surface area contributed by atoms with E-state index in [1.54, 1.807) is 0 Å². The van der Waals surface area contributed by atoms with Crippen LogP contribution in [0.1, 0.15) is 5.56 Å². The Bertz CT molecular complexity index is 764. The van der Waals surface area contributed by atoms with E-state index in [4.69, 9.17) is 27.9 Å². The molecule has 0 aliphatic carbocycles. The Balaban J connectivity index is 1.88. The first kappa shape index (κ1) is 18.2. The van der Waals surface area contributed by atoms with Crippen molar-refractivity contribution in [2.24, 2.45) is 0 Å². The third-order valence-corrected chi connectivity index (χ3v) is 3.54. The molecule has 2 rings (SSSR count). The number of hydrogen-bond acceptors (Lipinski definition) is 3. The summed E-state index contributed by atoms with van der Waals surface area (Å²) in [5.41, 5.74) is -0.120. The van der Waals surface area contributed by atoms with Gasteiger partial charge in [0.05, 0.1) is 12.1 Å². The zero-order valence-corrected chi connectivity index (χ0v) is 13.6. The molecule has 0 fully saturated rings. The van der Waals surface area contributed by atoms with Gasteiger partial charge in [0, 0.05) is 15.6 Å². The van der Waals surface area contributed by atoms with Crippen LogP contribution in [0.15, 0.2) is 36.4 Å². The van der Waals surface area contributed by atoms with Crippen LogP contribution < -0.4 is 5.32 Å². The van der Waals surface area contributed by atoms with Crippen molar-refractivity contribution in [3.05, 3.63) is 63.6 Å². The van der Waals surface area contributed by atoms with Gasteiger partial charge in [0.15, 0.2) is 6.61 Å². The zero-order valence-electron chi connectivity index (χ0n) is 12.1. The minimum atomic E-state index is -0.839. The number of hydrogen-bond donors (Lipinski definition) is 1. The van der Waals surface area contributed by atoms with Crippen LogP contribution >= 0.6 is 23.2 Å². The Morgan fingerprint density at radius 1 is 1.08 bits per heavy atom. The zero-order chi connectivity index (χ0) is 17.7. The number of ether oxygens (including phenoxy) is 1. The molecule has 1 amide bonds. The molecule has 1 N–H and O–H groups in total. The lowest BCUT2D eigenvalue weighted by Crippen LogP contribution is -2.22. The molecular weight excluding hydrogens is 363 g/mol. The Labute approximate surface area is 146 Å². The maximum Gasteiger partial charge on any atom is 0.310 e. The quantitative estimate of drug-likeness (QED) is 0.806. The fourth-order valence-corrected chi connectivity index (χ4v) is 2.21. The van der Waals surface area contributed by atoms with E-state index >= 15 is 0 Å². The maximum atomic E-state index is 13.6. The molecular formula is C16H11Cl2F2NO3. The van der Waals surface area contributed by atoms with E-state index in [-0.39, 0.29) is 21.3 Å². The van der Waals surface area contributed by atoms with Crippen LogP contribution in [0.3, 0.4) is 0 Å². The van der Waals surface area contributed by atoms with Crippen molar-refractivity contribution in [3.8, 4) is 0 Å². The molecule has 2 aromatic carbocycles. The molecule has 0 heterocycles. The third-order valence-electron chi connectivity index (χ3n) is 2.95. The van der Waals surface area contributed by atoms with Gasteiger partial charge in [0.25, 0.3) is 5.91 Å². The first-order chi connectivity index (χ1) is 11.4. The monoisotopic (exact) mass is 373 g/mol. The summed E-state index contributed by atoms with van der Waals surface area (Å²) in [6.45, 7) is -0.646. The van der Waals surface area contributed by atoms with Crippen molar-refractivity contribution in [2.75, 3.05) is 11.9 Å². The molecule has 0 bridgehead atoms. The fraction of sp³-hybridized carbons (Fsp3) is 0.125. The average Bonchev–Trinajstić information content (AvgIpc) is 2.52. The molecule has 0 saturated heterocycles. The lowest BCUT2D eigenvalue weighted by atomic mass is 10.1. The lowest BCUT2D eigenvalue weighted by Gasteiger charge is -2.08. The average molecular weight is 374 g/mol. The summed E-state index contributed by atoms with van der Waals surface area (Å²) in [4.78, 5) is 23.3. The number of esters is 1. The van der Waals surface area contributed by atoms with Gasteiger partial charge in [0.1, 0.15) is 11.6 Å². The van der Waals surface area contributed by atoms with E-state index in [2.05, 4.69) is 5.32 Å². The molecule has 0 aliphatic rings. The highest BCUT2D eigenvalue weighted by atomic mass is 35.5. The minimum absolute atomic E-state index is 0.0201. The summed E-state index contributed by atoms with van der Waals surface area (Å²) in [6.07, 6.45) is -0.423. The van der Waals surface area contributed by atoms with E-state index in [0.29, 0.717) is 0 Å². The van der Waals surface area contributed by atoms with Crippen molar-refractivity contribution in [1.82, 2.24) is 0 Å². The van der Waals surface area contributed by atoms with Gasteiger partial charge in [-0.1, -0.05) is 29.3 Å². The molecule has 8 heteroatoms. The smallest absolute Gasteiger partial charge is 0.310 e. The normalized spacial score (nSPS) is 10.3. The summed E-state index contributed by atoms with van der Waals surface area (Å²) < 4.78 is 31.8. The number of rotatable bonds is 5. The van der Waals surface area contributed by atoms with Crippen LogP contribution in [0.5, 0.6) is 0 Å².